The number of rotatable bonds is 2. The number of carbonyl (C=O) groups excluding carboxylic acids is 2. The molecular formula is C16H20N2O3S. The average molecular weight is 320 g/mol. The molecule has 0 saturated heterocycles. The van der Waals surface area contributed by atoms with Crippen molar-refractivity contribution in [1.82, 2.24) is 5.32 Å². The van der Waals surface area contributed by atoms with E-state index >= 15 is 0 Å². The number of amides is 2. The zero-order valence-electron chi connectivity index (χ0n) is 12.3. The largest absolute Gasteiger partial charge is 0.393 e. The molecule has 5 nitrogen and oxygen atoms in total. The Bertz CT molecular complexity index is 583. The lowest BCUT2D eigenvalue weighted by Gasteiger charge is -2.26. The van der Waals surface area contributed by atoms with Gasteiger partial charge in [-0.05, 0) is 43.9 Å². The Labute approximate surface area is 133 Å². The minimum absolute atomic E-state index is 0.00919. The number of hydrogen-bond donors (Lipinski definition) is 3. The molecule has 2 aliphatic rings. The number of carbonyl (C=O) groups is 2. The fourth-order valence-electron chi connectivity index (χ4n) is 2.85. The van der Waals surface area contributed by atoms with Gasteiger partial charge >= 0.3 is 0 Å². The molecule has 1 saturated carbocycles. The molecule has 1 aromatic carbocycles. The zero-order chi connectivity index (χ0) is 15.5. The molecule has 6 heteroatoms. The van der Waals surface area contributed by atoms with Crippen molar-refractivity contribution < 1.29 is 14.7 Å². The summed E-state index contributed by atoms with van der Waals surface area (Å²) in [5.41, 5.74) is 1.28. The van der Waals surface area contributed by atoms with Gasteiger partial charge in [-0.3, -0.25) is 9.59 Å². The molecule has 3 rings (SSSR count). The van der Waals surface area contributed by atoms with Crippen LogP contribution in [0.1, 0.15) is 42.5 Å². The van der Waals surface area contributed by atoms with E-state index in [1.165, 1.54) is 0 Å². The van der Waals surface area contributed by atoms with Crippen LogP contribution in [0.3, 0.4) is 0 Å². The Morgan fingerprint density at radius 1 is 1.27 bits per heavy atom. The van der Waals surface area contributed by atoms with Gasteiger partial charge in [0, 0.05) is 28.7 Å². The van der Waals surface area contributed by atoms with Crippen molar-refractivity contribution in [1.29, 1.82) is 0 Å². The van der Waals surface area contributed by atoms with E-state index in [9.17, 15) is 14.7 Å². The second kappa shape index (κ2) is 6.71. The van der Waals surface area contributed by atoms with Gasteiger partial charge in [-0.2, -0.15) is 0 Å². The van der Waals surface area contributed by atoms with Crippen LogP contribution in [0.2, 0.25) is 0 Å². The van der Waals surface area contributed by atoms with Crippen molar-refractivity contribution >= 4 is 29.3 Å². The van der Waals surface area contributed by atoms with Crippen LogP contribution in [-0.2, 0) is 4.79 Å². The molecule has 0 aromatic heterocycles. The predicted octanol–water partition coefficient (Wildman–Crippen LogP) is 2.15. The molecule has 0 atom stereocenters. The Hall–Kier alpha value is -1.53. The molecule has 3 N–H and O–H groups in total. The summed E-state index contributed by atoms with van der Waals surface area (Å²) < 4.78 is 0. The van der Waals surface area contributed by atoms with Crippen molar-refractivity contribution in [2.75, 3.05) is 11.1 Å². The Morgan fingerprint density at radius 3 is 2.82 bits per heavy atom. The quantitative estimate of drug-likeness (QED) is 0.780. The fraction of sp³-hybridized carbons (Fsp3) is 0.500. The van der Waals surface area contributed by atoms with Gasteiger partial charge < -0.3 is 15.7 Å². The monoisotopic (exact) mass is 320 g/mol. The summed E-state index contributed by atoms with van der Waals surface area (Å²) in [5.74, 6) is 0.632. The maximum absolute atomic E-state index is 12.4. The van der Waals surface area contributed by atoms with E-state index in [1.807, 2.05) is 6.07 Å². The highest BCUT2D eigenvalue weighted by Crippen LogP contribution is 2.31. The number of nitrogens with one attached hydrogen (secondary N) is 2. The Morgan fingerprint density at radius 2 is 2.05 bits per heavy atom. The lowest BCUT2D eigenvalue weighted by molar-refractivity contribution is -0.115. The first-order chi connectivity index (χ1) is 10.6. The molecule has 1 fully saturated rings. The fourth-order valence-corrected chi connectivity index (χ4v) is 3.79. The van der Waals surface area contributed by atoms with Crippen LogP contribution in [0.5, 0.6) is 0 Å². The number of hydrogen-bond acceptors (Lipinski definition) is 4. The van der Waals surface area contributed by atoms with E-state index in [4.69, 9.17) is 0 Å². The summed E-state index contributed by atoms with van der Waals surface area (Å²) in [6.45, 7) is 0. The van der Waals surface area contributed by atoms with Crippen molar-refractivity contribution in [3.63, 3.8) is 0 Å². The molecular weight excluding hydrogens is 300 g/mol. The maximum atomic E-state index is 12.4. The Balaban J connectivity index is 1.69. The SMILES string of the molecule is O=C1CCSc2ccc(C(=O)NC3CCC(O)CC3)cc2N1. The van der Waals surface area contributed by atoms with Crippen LogP contribution >= 0.6 is 11.8 Å². The van der Waals surface area contributed by atoms with E-state index in [2.05, 4.69) is 10.6 Å². The van der Waals surface area contributed by atoms with Gasteiger partial charge in [-0.1, -0.05) is 0 Å². The van der Waals surface area contributed by atoms with E-state index < -0.39 is 0 Å². The normalized spacial score (nSPS) is 24.9. The zero-order valence-corrected chi connectivity index (χ0v) is 13.1. The molecule has 1 aliphatic heterocycles. The van der Waals surface area contributed by atoms with E-state index in [-0.39, 0.29) is 24.0 Å². The molecule has 118 valence electrons. The average Bonchev–Trinajstić information content (AvgIpc) is 2.69. The standard InChI is InChI=1S/C16H20N2O3S/c19-12-4-2-11(3-5-12)17-16(21)10-1-6-14-13(9-10)18-15(20)7-8-22-14/h1,6,9,11-12,19H,2-5,7-8H2,(H,17,21)(H,18,20). The third-order valence-electron chi connectivity index (χ3n) is 4.13. The molecule has 2 amide bonds. The summed E-state index contributed by atoms with van der Waals surface area (Å²) in [7, 11) is 0. The van der Waals surface area contributed by atoms with E-state index in [0.717, 1.165) is 42.0 Å². The summed E-state index contributed by atoms with van der Waals surface area (Å²) in [5, 5.41) is 15.4. The summed E-state index contributed by atoms with van der Waals surface area (Å²) in [6, 6.07) is 5.57. The summed E-state index contributed by atoms with van der Waals surface area (Å²) in [4.78, 5) is 25.0. The molecule has 22 heavy (non-hydrogen) atoms. The first-order valence-corrected chi connectivity index (χ1v) is 8.66. The number of aliphatic hydroxyl groups is 1. The second-order valence-electron chi connectivity index (χ2n) is 5.84. The molecule has 1 aromatic rings. The van der Waals surface area contributed by atoms with Crippen LogP contribution in [0.15, 0.2) is 23.1 Å². The van der Waals surface area contributed by atoms with Gasteiger partial charge in [0.15, 0.2) is 0 Å². The molecule has 0 bridgehead atoms. The van der Waals surface area contributed by atoms with Gasteiger partial charge in [-0.15, -0.1) is 11.8 Å². The molecule has 0 unspecified atom stereocenters. The highest BCUT2D eigenvalue weighted by molar-refractivity contribution is 7.99. The van der Waals surface area contributed by atoms with Gasteiger partial charge in [0.2, 0.25) is 5.91 Å². The maximum Gasteiger partial charge on any atom is 0.251 e. The van der Waals surface area contributed by atoms with Crippen molar-refractivity contribution in [3.05, 3.63) is 23.8 Å². The molecule has 0 radical (unpaired) electrons. The highest BCUT2D eigenvalue weighted by atomic mass is 32.2. The van der Waals surface area contributed by atoms with Crippen LogP contribution < -0.4 is 10.6 Å². The number of aliphatic hydroxyl groups excluding tert-OH is 1. The van der Waals surface area contributed by atoms with Crippen LogP contribution in [0.4, 0.5) is 5.69 Å². The lowest BCUT2D eigenvalue weighted by atomic mass is 9.93. The van der Waals surface area contributed by atoms with Gasteiger partial charge in [-0.25, -0.2) is 0 Å². The molecule has 0 spiro atoms. The molecule has 1 heterocycles. The third-order valence-corrected chi connectivity index (χ3v) is 5.21. The number of anilines is 1. The van der Waals surface area contributed by atoms with E-state index in [1.54, 1.807) is 23.9 Å². The predicted molar refractivity (Wildman–Crippen MR) is 86.1 cm³/mol. The van der Waals surface area contributed by atoms with Crippen LogP contribution in [0, 0.1) is 0 Å². The van der Waals surface area contributed by atoms with Crippen LogP contribution in [-0.4, -0.2) is 34.8 Å². The third kappa shape index (κ3) is 3.62. The van der Waals surface area contributed by atoms with Crippen molar-refractivity contribution in [2.45, 2.75) is 49.1 Å². The number of thioether (sulfide) groups is 1. The first-order valence-electron chi connectivity index (χ1n) is 7.67. The van der Waals surface area contributed by atoms with Gasteiger partial charge in [0.1, 0.15) is 0 Å². The van der Waals surface area contributed by atoms with Crippen molar-refractivity contribution in [3.8, 4) is 0 Å². The minimum Gasteiger partial charge on any atom is -0.393 e. The number of fused-ring (bicyclic) bond motifs is 1. The first kappa shape index (κ1) is 15.4. The van der Waals surface area contributed by atoms with Crippen molar-refractivity contribution in [2.24, 2.45) is 0 Å². The molecule has 1 aliphatic carbocycles. The summed E-state index contributed by atoms with van der Waals surface area (Å²) in [6.07, 6.45) is 3.36. The van der Waals surface area contributed by atoms with Crippen LogP contribution in [0.25, 0.3) is 0 Å². The number of benzene rings is 1. The smallest absolute Gasteiger partial charge is 0.251 e. The van der Waals surface area contributed by atoms with Gasteiger partial charge in [0.05, 0.1) is 11.8 Å². The van der Waals surface area contributed by atoms with Gasteiger partial charge in [0.25, 0.3) is 5.91 Å². The van der Waals surface area contributed by atoms with E-state index in [0.29, 0.717) is 12.0 Å². The minimum atomic E-state index is -0.229. The Kier molecular flexibility index (Phi) is 4.69. The highest BCUT2D eigenvalue weighted by Gasteiger charge is 2.22. The summed E-state index contributed by atoms with van der Waals surface area (Å²) >= 11 is 1.63. The second-order valence-corrected chi connectivity index (χ2v) is 6.97. The topological polar surface area (TPSA) is 78.4 Å². The lowest BCUT2D eigenvalue weighted by Crippen LogP contribution is -2.38.